The Hall–Kier alpha value is -0.810. The summed E-state index contributed by atoms with van der Waals surface area (Å²) in [6.45, 7) is 4.52. The van der Waals surface area contributed by atoms with Gasteiger partial charge >= 0.3 is 0 Å². The van der Waals surface area contributed by atoms with Crippen LogP contribution in [0.1, 0.15) is 12.8 Å². The van der Waals surface area contributed by atoms with Gasteiger partial charge in [0.25, 0.3) is 0 Å². The second-order valence-corrected chi connectivity index (χ2v) is 3.97. The first-order valence-electron chi connectivity index (χ1n) is 5.27. The SMILES string of the molecule is CN=C(NN)N1CCN2CCCC2C1. The van der Waals surface area contributed by atoms with Crippen LogP contribution in [0.15, 0.2) is 4.99 Å². The van der Waals surface area contributed by atoms with Crippen LogP contribution in [0.4, 0.5) is 0 Å². The Bertz CT molecular complexity index is 227. The molecule has 2 saturated heterocycles. The number of hydrogen-bond acceptors (Lipinski definition) is 3. The lowest BCUT2D eigenvalue weighted by molar-refractivity contribution is 0.149. The van der Waals surface area contributed by atoms with Gasteiger partial charge < -0.3 is 4.90 Å². The van der Waals surface area contributed by atoms with E-state index in [1.54, 1.807) is 7.05 Å². The minimum absolute atomic E-state index is 0.717. The zero-order valence-electron chi connectivity index (χ0n) is 8.74. The van der Waals surface area contributed by atoms with E-state index in [1.165, 1.54) is 19.4 Å². The lowest BCUT2D eigenvalue weighted by Gasteiger charge is -2.38. The normalized spacial score (nSPS) is 29.1. The topological polar surface area (TPSA) is 56.9 Å². The third-order valence-electron chi connectivity index (χ3n) is 3.23. The molecule has 0 saturated carbocycles. The first-order chi connectivity index (χ1) is 6.85. The average molecular weight is 197 g/mol. The third-order valence-corrected chi connectivity index (χ3v) is 3.23. The highest BCUT2D eigenvalue weighted by Crippen LogP contribution is 2.21. The second-order valence-electron chi connectivity index (χ2n) is 3.97. The summed E-state index contributed by atoms with van der Waals surface area (Å²) in [5.41, 5.74) is 2.66. The molecule has 3 N–H and O–H groups in total. The predicted octanol–water partition coefficient (Wildman–Crippen LogP) is -0.784. The van der Waals surface area contributed by atoms with Gasteiger partial charge in [0, 0.05) is 32.7 Å². The number of nitrogens with one attached hydrogen (secondary N) is 1. The van der Waals surface area contributed by atoms with Crippen molar-refractivity contribution < 1.29 is 0 Å². The molecule has 2 heterocycles. The second kappa shape index (κ2) is 4.14. The molecule has 1 atom stereocenters. The van der Waals surface area contributed by atoms with Crippen molar-refractivity contribution in [1.82, 2.24) is 15.2 Å². The molecule has 5 heteroatoms. The van der Waals surface area contributed by atoms with Gasteiger partial charge in [-0.3, -0.25) is 15.3 Å². The first kappa shape index (κ1) is 9.73. The van der Waals surface area contributed by atoms with Gasteiger partial charge in [0.15, 0.2) is 0 Å². The summed E-state index contributed by atoms with van der Waals surface area (Å²) in [5, 5.41) is 0. The summed E-state index contributed by atoms with van der Waals surface area (Å²) in [5.74, 6) is 6.23. The van der Waals surface area contributed by atoms with Crippen LogP contribution >= 0.6 is 0 Å². The van der Waals surface area contributed by atoms with E-state index in [2.05, 4.69) is 20.2 Å². The van der Waals surface area contributed by atoms with Gasteiger partial charge in [-0.1, -0.05) is 0 Å². The van der Waals surface area contributed by atoms with Crippen LogP contribution in [0.2, 0.25) is 0 Å². The van der Waals surface area contributed by atoms with Crippen molar-refractivity contribution in [3.05, 3.63) is 0 Å². The fraction of sp³-hybridized carbons (Fsp3) is 0.889. The molecule has 2 rings (SSSR count). The van der Waals surface area contributed by atoms with Crippen LogP contribution in [0.5, 0.6) is 0 Å². The number of guanidine groups is 1. The number of hydrazine groups is 1. The van der Waals surface area contributed by atoms with Crippen LogP contribution in [0, 0.1) is 0 Å². The Balaban J connectivity index is 1.97. The number of piperazine rings is 1. The van der Waals surface area contributed by atoms with Crippen molar-refractivity contribution in [2.24, 2.45) is 10.8 Å². The van der Waals surface area contributed by atoms with Crippen molar-refractivity contribution in [1.29, 1.82) is 0 Å². The van der Waals surface area contributed by atoms with E-state index in [0.717, 1.165) is 25.6 Å². The van der Waals surface area contributed by atoms with E-state index in [4.69, 9.17) is 5.84 Å². The molecule has 0 bridgehead atoms. The molecule has 0 aromatic carbocycles. The molecule has 14 heavy (non-hydrogen) atoms. The highest BCUT2D eigenvalue weighted by molar-refractivity contribution is 5.79. The molecule has 1 unspecified atom stereocenters. The fourth-order valence-electron chi connectivity index (χ4n) is 2.48. The van der Waals surface area contributed by atoms with Gasteiger partial charge in [-0.05, 0) is 19.4 Å². The number of hydrogen-bond donors (Lipinski definition) is 2. The van der Waals surface area contributed by atoms with Gasteiger partial charge in [0.1, 0.15) is 0 Å². The molecule has 0 aliphatic carbocycles. The molecule has 0 aromatic heterocycles. The van der Waals surface area contributed by atoms with E-state index in [1.807, 2.05) is 0 Å². The lowest BCUT2D eigenvalue weighted by atomic mass is 10.2. The monoisotopic (exact) mass is 197 g/mol. The molecule has 2 fully saturated rings. The van der Waals surface area contributed by atoms with Crippen LogP contribution in [0.25, 0.3) is 0 Å². The molecule has 5 nitrogen and oxygen atoms in total. The number of rotatable bonds is 0. The van der Waals surface area contributed by atoms with Crippen molar-refractivity contribution in [2.45, 2.75) is 18.9 Å². The standard InChI is InChI=1S/C9H19N5/c1-11-9(12-10)14-6-5-13-4-2-3-8(13)7-14/h8H,2-7,10H2,1H3,(H,11,12). The molecule has 80 valence electrons. The molecule has 2 aliphatic heterocycles. The number of fused-ring (bicyclic) bond motifs is 1. The molecular formula is C9H19N5. The average Bonchev–Trinajstić information content (AvgIpc) is 2.66. The third kappa shape index (κ3) is 1.69. The van der Waals surface area contributed by atoms with Crippen molar-refractivity contribution in [3.8, 4) is 0 Å². The van der Waals surface area contributed by atoms with Crippen molar-refractivity contribution in [3.63, 3.8) is 0 Å². The molecular weight excluding hydrogens is 178 g/mol. The quantitative estimate of drug-likeness (QED) is 0.231. The van der Waals surface area contributed by atoms with Gasteiger partial charge in [0.2, 0.25) is 5.96 Å². The lowest BCUT2D eigenvalue weighted by Crippen LogP contribution is -2.56. The van der Waals surface area contributed by atoms with Gasteiger partial charge in [-0.15, -0.1) is 0 Å². The maximum absolute atomic E-state index is 5.42. The Kier molecular flexibility index (Phi) is 2.88. The summed E-state index contributed by atoms with van der Waals surface area (Å²) in [6.07, 6.45) is 2.66. The van der Waals surface area contributed by atoms with Gasteiger partial charge in [-0.25, -0.2) is 5.84 Å². The van der Waals surface area contributed by atoms with E-state index >= 15 is 0 Å². The summed E-state index contributed by atoms with van der Waals surface area (Å²) >= 11 is 0. The first-order valence-corrected chi connectivity index (χ1v) is 5.27. The zero-order valence-corrected chi connectivity index (χ0v) is 8.74. The van der Waals surface area contributed by atoms with E-state index in [0.29, 0.717) is 6.04 Å². The van der Waals surface area contributed by atoms with E-state index in [-0.39, 0.29) is 0 Å². The highest BCUT2D eigenvalue weighted by Gasteiger charge is 2.31. The molecule has 0 radical (unpaired) electrons. The summed E-state index contributed by atoms with van der Waals surface area (Å²) < 4.78 is 0. The molecule has 0 aromatic rings. The van der Waals surface area contributed by atoms with Gasteiger partial charge in [-0.2, -0.15) is 0 Å². The van der Waals surface area contributed by atoms with Crippen LogP contribution in [0.3, 0.4) is 0 Å². The minimum Gasteiger partial charge on any atom is -0.339 e. The molecule has 0 spiro atoms. The van der Waals surface area contributed by atoms with E-state index in [9.17, 15) is 0 Å². The Morgan fingerprint density at radius 1 is 1.43 bits per heavy atom. The smallest absolute Gasteiger partial charge is 0.208 e. The largest absolute Gasteiger partial charge is 0.339 e. The Morgan fingerprint density at radius 2 is 2.29 bits per heavy atom. The van der Waals surface area contributed by atoms with E-state index < -0.39 is 0 Å². The van der Waals surface area contributed by atoms with Crippen LogP contribution < -0.4 is 11.3 Å². The zero-order chi connectivity index (χ0) is 9.97. The van der Waals surface area contributed by atoms with Crippen LogP contribution in [-0.2, 0) is 0 Å². The van der Waals surface area contributed by atoms with Crippen LogP contribution in [-0.4, -0.2) is 55.0 Å². The van der Waals surface area contributed by atoms with Gasteiger partial charge in [0.05, 0.1) is 0 Å². The minimum atomic E-state index is 0.717. The summed E-state index contributed by atoms with van der Waals surface area (Å²) in [4.78, 5) is 8.94. The van der Waals surface area contributed by atoms with Crippen molar-refractivity contribution in [2.75, 3.05) is 33.2 Å². The van der Waals surface area contributed by atoms with Crippen molar-refractivity contribution >= 4 is 5.96 Å². The molecule has 2 aliphatic rings. The summed E-state index contributed by atoms with van der Waals surface area (Å²) in [6, 6.07) is 0.717. The number of nitrogens with zero attached hydrogens (tertiary/aromatic N) is 3. The predicted molar refractivity (Wildman–Crippen MR) is 56.9 cm³/mol. The maximum Gasteiger partial charge on any atom is 0.208 e. The summed E-state index contributed by atoms with van der Waals surface area (Å²) in [7, 11) is 1.77. The highest BCUT2D eigenvalue weighted by atomic mass is 15.4. The fourth-order valence-corrected chi connectivity index (χ4v) is 2.48. The Morgan fingerprint density at radius 3 is 3.00 bits per heavy atom. The maximum atomic E-state index is 5.42. The molecule has 0 amide bonds. The number of nitrogens with two attached hydrogens (primary N) is 1. The Labute approximate surface area is 84.9 Å². The number of aliphatic imine (C=N–C) groups is 1.